The summed E-state index contributed by atoms with van der Waals surface area (Å²) in [6.07, 6.45) is 4.58. The van der Waals surface area contributed by atoms with Gasteiger partial charge in [-0.3, -0.25) is 9.89 Å². The normalized spacial score (nSPS) is 20.7. The molecule has 2 heterocycles. The van der Waals surface area contributed by atoms with Gasteiger partial charge in [0.15, 0.2) is 0 Å². The molecule has 1 aliphatic heterocycles. The van der Waals surface area contributed by atoms with Gasteiger partial charge in [0.2, 0.25) is 15.8 Å². The van der Waals surface area contributed by atoms with E-state index in [1.807, 2.05) is 0 Å². The summed E-state index contributed by atoms with van der Waals surface area (Å²) in [7, 11) is -3.20. The number of nitrogens with zero attached hydrogens (tertiary/aromatic N) is 3. The zero-order chi connectivity index (χ0) is 15.0. The first-order chi connectivity index (χ1) is 9.92. The molecule has 1 saturated carbocycles. The van der Waals surface area contributed by atoms with Crippen LogP contribution in [0.25, 0.3) is 0 Å². The van der Waals surface area contributed by atoms with E-state index in [1.165, 1.54) is 0 Å². The number of carbonyl (C=O) groups excluding carboxylic acids is 1. The predicted octanol–water partition coefficient (Wildman–Crippen LogP) is -0.164. The monoisotopic (exact) mass is 313 g/mol. The van der Waals surface area contributed by atoms with E-state index in [2.05, 4.69) is 19.9 Å². The minimum atomic E-state index is -3.20. The number of H-pyrrole nitrogens is 1. The summed E-state index contributed by atoms with van der Waals surface area (Å²) >= 11 is 0. The number of amides is 1. The third-order valence-corrected chi connectivity index (χ3v) is 4.58. The number of nitrogens with one attached hydrogen (secondary N) is 2. The van der Waals surface area contributed by atoms with Crippen LogP contribution in [0.1, 0.15) is 48.0 Å². The zero-order valence-electron chi connectivity index (χ0n) is 11.9. The van der Waals surface area contributed by atoms with Crippen LogP contribution in [0.4, 0.5) is 0 Å². The van der Waals surface area contributed by atoms with E-state index in [4.69, 9.17) is 0 Å². The molecule has 0 radical (unpaired) electrons. The molecule has 1 aromatic heterocycles. The van der Waals surface area contributed by atoms with Crippen LogP contribution in [0, 0.1) is 0 Å². The summed E-state index contributed by atoms with van der Waals surface area (Å²) in [6.45, 7) is 1.03. The van der Waals surface area contributed by atoms with Gasteiger partial charge in [0.05, 0.1) is 6.26 Å². The Morgan fingerprint density at radius 3 is 2.52 bits per heavy atom. The first-order valence-corrected chi connectivity index (χ1v) is 9.00. The number of aromatic nitrogens is 3. The Morgan fingerprint density at radius 2 is 1.95 bits per heavy atom. The van der Waals surface area contributed by atoms with E-state index in [1.54, 1.807) is 4.90 Å². The molecular weight excluding hydrogens is 294 g/mol. The van der Waals surface area contributed by atoms with E-state index in [0.717, 1.165) is 24.9 Å². The molecular formula is C12H19N5O3S. The maximum Gasteiger partial charge on any atom is 0.293 e. The number of carbonyl (C=O) groups is 1. The maximum atomic E-state index is 12.3. The van der Waals surface area contributed by atoms with Crippen molar-refractivity contribution in [3.63, 3.8) is 0 Å². The summed E-state index contributed by atoms with van der Waals surface area (Å²) in [5.41, 5.74) is 0. The molecule has 2 fully saturated rings. The summed E-state index contributed by atoms with van der Waals surface area (Å²) in [6, 6.07) is -0.0989. The van der Waals surface area contributed by atoms with E-state index in [-0.39, 0.29) is 17.8 Å². The summed E-state index contributed by atoms with van der Waals surface area (Å²) in [4.78, 5) is 18.2. The number of piperidine rings is 1. The Kier molecular flexibility index (Phi) is 3.70. The highest BCUT2D eigenvalue weighted by Crippen LogP contribution is 2.37. The van der Waals surface area contributed by atoms with Crippen LogP contribution in [0.15, 0.2) is 0 Å². The van der Waals surface area contributed by atoms with Crippen LogP contribution in [0.2, 0.25) is 0 Å². The standard InChI is InChI=1S/C12H19N5O3S/c1-21(19,20)16-9-4-6-17(7-5-9)12(18)11-13-10(14-15-11)8-2-3-8/h8-9,16H,2-7H2,1H3,(H,13,14,15). The van der Waals surface area contributed by atoms with Gasteiger partial charge in [-0.2, -0.15) is 0 Å². The summed E-state index contributed by atoms with van der Waals surface area (Å²) in [5, 5.41) is 6.82. The lowest BCUT2D eigenvalue weighted by Gasteiger charge is -2.31. The number of hydrogen-bond acceptors (Lipinski definition) is 5. The van der Waals surface area contributed by atoms with Gasteiger partial charge in [-0.25, -0.2) is 18.1 Å². The molecule has 1 amide bonds. The van der Waals surface area contributed by atoms with Crippen molar-refractivity contribution in [2.75, 3.05) is 19.3 Å². The predicted molar refractivity (Wildman–Crippen MR) is 75.3 cm³/mol. The fourth-order valence-electron chi connectivity index (χ4n) is 2.55. The van der Waals surface area contributed by atoms with Crippen LogP contribution in [-0.4, -0.2) is 59.8 Å². The highest BCUT2D eigenvalue weighted by atomic mass is 32.2. The van der Waals surface area contributed by atoms with Gasteiger partial charge < -0.3 is 4.90 Å². The fourth-order valence-corrected chi connectivity index (χ4v) is 3.40. The molecule has 0 aromatic carbocycles. The molecule has 1 aromatic rings. The van der Waals surface area contributed by atoms with Crippen molar-refractivity contribution >= 4 is 15.9 Å². The van der Waals surface area contributed by atoms with Gasteiger partial charge in [0, 0.05) is 25.0 Å². The highest BCUT2D eigenvalue weighted by molar-refractivity contribution is 7.88. The Labute approximate surface area is 123 Å². The number of hydrogen-bond donors (Lipinski definition) is 2. The molecule has 0 atom stereocenters. The second-order valence-electron chi connectivity index (χ2n) is 5.78. The molecule has 0 spiro atoms. The number of likely N-dealkylation sites (tertiary alicyclic amines) is 1. The lowest BCUT2D eigenvalue weighted by Crippen LogP contribution is -2.46. The van der Waals surface area contributed by atoms with Gasteiger partial charge in [0.1, 0.15) is 5.82 Å². The molecule has 8 nitrogen and oxygen atoms in total. The third kappa shape index (κ3) is 3.59. The van der Waals surface area contributed by atoms with E-state index in [0.29, 0.717) is 31.8 Å². The van der Waals surface area contributed by atoms with Crippen molar-refractivity contribution in [2.45, 2.75) is 37.6 Å². The number of aromatic amines is 1. The first kappa shape index (κ1) is 14.5. The van der Waals surface area contributed by atoms with Crippen molar-refractivity contribution < 1.29 is 13.2 Å². The molecule has 0 bridgehead atoms. The Morgan fingerprint density at radius 1 is 1.29 bits per heavy atom. The van der Waals surface area contributed by atoms with Gasteiger partial charge >= 0.3 is 0 Å². The average molecular weight is 313 g/mol. The summed E-state index contributed by atoms with van der Waals surface area (Å²) < 4.78 is 25.0. The highest BCUT2D eigenvalue weighted by Gasteiger charge is 2.30. The lowest BCUT2D eigenvalue weighted by atomic mass is 10.1. The Bertz CT molecular complexity index is 629. The quantitative estimate of drug-likeness (QED) is 0.803. The maximum absolute atomic E-state index is 12.3. The first-order valence-electron chi connectivity index (χ1n) is 7.11. The smallest absolute Gasteiger partial charge is 0.293 e. The van der Waals surface area contributed by atoms with E-state index < -0.39 is 10.0 Å². The SMILES string of the molecule is CS(=O)(=O)NC1CCN(C(=O)c2n[nH]c(C3CC3)n2)CC1. The number of rotatable bonds is 4. The molecule has 21 heavy (non-hydrogen) atoms. The van der Waals surface area contributed by atoms with Crippen LogP contribution in [0.5, 0.6) is 0 Å². The zero-order valence-corrected chi connectivity index (χ0v) is 12.7. The Balaban J connectivity index is 1.56. The third-order valence-electron chi connectivity index (χ3n) is 3.82. The van der Waals surface area contributed by atoms with E-state index >= 15 is 0 Å². The lowest BCUT2D eigenvalue weighted by molar-refractivity contribution is 0.0699. The average Bonchev–Trinajstić information content (AvgIpc) is 3.15. The minimum absolute atomic E-state index is 0.0989. The second-order valence-corrected chi connectivity index (χ2v) is 7.56. The van der Waals surface area contributed by atoms with Crippen molar-refractivity contribution in [1.29, 1.82) is 0 Å². The Hall–Kier alpha value is -1.48. The minimum Gasteiger partial charge on any atom is -0.336 e. The second kappa shape index (κ2) is 5.38. The van der Waals surface area contributed by atoms with Crippen molar-refractivity contribution in [3.8, 4) is 0 Å². The molecule has 3 rings (SSSR count). The molecule has 2 N–H and O–H groups in total. The van der Waals surface area contributed by atoms with Crippen molar-refractivity contribution in [1.82, 2.24) is 24.8 Å². The molecule has 1 aliphatic carbocycles. The van der Waals surface area contributed by atoms with Gasteiger partial charge in [-0.1, -0.05) is 0 Å². The molecule has 2 aliphatic rings. The van der Waals surface area contributed by atoms with Gasteiger partial charge in [-0.05, 0) is 25.7 Å². The molecule has 1 saturated heterocycles. The van der Waals surface area contributed by atoms with Gasteiger partial charge in [-0.15, -0.1) is 5.10 Å². The van der Waals surface area contributed by atoms with Crippen LogP contribution in [-0.2, 0) is 10.0 Å². The largest absolute Gasteiger partial charge is 0.336 e. The van der Waals surface area contributed by atoms with Crippen LogP contribution < -0.4 is 4.72 Å². The van der Waals surface area contributed by atoms with Crippen molar-refractivity contribution in [3.05, 3.63) is 11.6 Å². The van der Waals surface area contributed by atoms with Crippen LogP contribution in [0.3, 0.4) is 0 Å². The molecule has 116 valence electrons. The fraction of sp³-hybridized carbons (Fsp3) is 0.750. The van der Waals surface area contributed by atoms with E-state index in [9.17, 15) is 13.2 Å². The molecule has 0 unspecified atom stereocenters. The van der Waals surface area contributed by atoms with Gasteiger partial charge in [0.25, 0.3) is 5.91 Å². The summed E-state index contributed by atoms with van der Waals surface area (Å²) in [5.74, 6) is 1.26. The number of sulfonamides is 1. The van der Waals surface area contributed by atoms with Crippen LogP contribution >= 0.6 is 0 Å². The molecule has 9 heteroatoms. The van der Waals surface area contributed by atoms with Crippen molar-refractivity contribution in [2.24, 2.45) is 0 Å². The topological polar surface area (TPSA) is 108 Å².